The van der Waals surface area contributed by atoms with Crippen molar-refractivity contribution in [1.82, 2.24) is 0 Å². The zero-order valence-electron chi connectivity index (χ0n) is 10.5. The third kappa shape index (κ3) is 4.79. The van der Waals surface area contributed by atoms with Crippen LogP contribution in [0, 0.1) is 5.92 Å². The molecule has 0 amide bonds. The normalized spacial score (nSPS) is 18.2. The fourth-order valence-corrected chi connectivity index (χ4v) is 1.27. The lowest BCUT2D eigenvalue weighted by Crippen LogP contribution is -2.46. The Hall–Kier alpha value is -0.860. The lowest BCUT2D eigenvalue weighted by Gasteiger charge is -2.21. The summed E-state index contributed by atoms with van der Waals surface area (Å²) in [5.74, 6) is -1.62. The van der Waals surface area contributed by atoms with Crippen LogP contribution in [-0.2, 0) is 9.59 Å². The zero-order chi connectivity index (χ0) is 14.5. The second-order valence-electron chi connectivity index (χ2n) is 4.56. The first-order valence-electron chi connectivity index (χ1n) is 5.68. The molecule has 106 valence electrons. The molecule has 0 saturated carbocycles. The highest BCUT2D eigenvalue weighted by Gasteiger charge is 2.32. The van der Waals surface area contributed by atoms with E-state index in [4.69, 9.17) is 15.9 Å². The highest BCUT2D eigenvalue weighted by molar-refractivity contribution is 6.03. The van der Waals surface area contributed by atoms with Crippen LogP contribution in [0.4, 0.5) is 0 Å². The number of Topliss-reactive ketones (excluding diaryl/α,β-unsaturated/α-hetero) is 2. The monoisotopic (exact) mass is 263 g/mol. The molecule has 0 aromatic heterocycles. The zero-order valence-corrected chi connectivity index (χ0v) is 10.5. The van der Waals surface area contributed by atoms with E-state index in [1.54, 1.807) is 13.8 Å². The Labute approximate surface area is 105 Å². The lowest BCUT2D eigenvalue weighted by atomic mass is 9.94. The molecule has 0 aliphatic rings. The molecule has 0 aliphatic heterocycles. The second-order valence-corrected chi connectivity index (χ2v) is 4.56. The Morgan fingerprint density at radius 1 is 1.11 bits per heavy atom. The number of ketones is 2. The first-order chi connectivity index (χ1) is 8.22. The SMILES string of the molecule is CC(C)[C@H](N)C(=O)CC(=O)[C@@H](O)[C@H](O)[C@H](O)CO. The van der Waals surface area contributed by atoms with Crippen molar-refractivity contribution in [1.29, 1.82) is 0 Å². The van der Waals surface area contributed by atoms with Crippen LogP contribution in [0.1, 0.15) is 20.3 Å². The quantitative estimate of drug-likeness (QED) is 0.307. The molecule has 0 aromatic rings. The van der Waals surface area contributed by atoms with Crippen molar-refractivity contribution in [3.05, 3.63) is 0 Å². The molecule has 0 heterocycles. The Morgan fingerprint density at radius 3 is 2.00 bits per heavy atom. The van der Waals surface area contributed by atoms with Crippen LogP contribution < -0.4 is 5.73 Å². The van der Waals surface area contributed by atoms with Gasteiger partial charge >= 0.3 is 0 Å². The first-order valence-corrected chi connectivity index (χ1v) is 5.68. The lowest BCUT2D eigenvalue weighted by molar-refractivity contribution is -0.143. The minimum absolute atomic E-state index is 0.143. The minimum atomic E-state index is -1.92. The van der Waals surface area contributed by atoms with E-state index in [1.165, 1.54) is 0 Å². The van der Waals surface area contributed by atoms with Crippen LogP contribution >= 0.6 is 0 Å². The van der Waals surface area contributed by atoms with Crippen LogP contribution in [0.15, 0.2) is 0 Å². The van der Waals surface area contributed by atoms with Gasteiger partial charge in [0.25, 0.3) is 0 Å². The number of aliphatic hydroxyl groups is 4. The van der Waals surface area contributed by atoms with Crippen LogP contribution in [0.5, 0.6) is 0 Å². The van der Waals surface area contributed by atoms with Gasteiger partial charge in [-0.3, -0.25) is 9.59 Å². The molecule has 0 aromatic carbocycles. The smallest absolute Gasteiger partial charge is 0.171 e. The molecule has 18 heavy (non-hydrogen) atoms. The van der Waals surface area contributed by atoms with Crippen molar-refractivity contribution in [2.45, 2.75) is 44.6 Å². The number of nitrogens with two attached hydrogens (primary N) is 1. The summed E-state index contributed by atoms with van der Waals surface area (Å²) in [4.78, 5) is 23.0. The molecule has 0 rings (SSSR count). The standard InChI is InChI=1S/C11H21NO6/c1-5(2)9(12)6(14)3-7(15)10(17)11(18)8(16)4-13/h5,8-11,13,16-18H,3-4,12H2,1-2H3/t8-,9+,10-,11-/m1/s1. The molecule has 6 N–H and O–H groups in total. The van der Waals surface area contributed by atoms with Gasteiger partial charge < -0.3 is 26.2 Å². The summed E-state index contributed by atoms with van der Waals surface area (Å²) < 4.78 is 0. The van der Waals surface area contributed by atoms with E-state index in [-0.39, 0.29) is 5.92 Å². The molecule has 7 nitrogen and oxygen atoms in total. The van der Waals surface area contributed by atoms with E-state index >= 15 is 0 Å². The number of aliphatic hydroxyl groups excluding tert-OH is 4. The largest absolute Gasteiger partial charge is 0.394 e. The summed E-state index contributed by atoms with van der Waals surface area (Å²) in [6.07, 6.45) is -6.01. The van der Waals surface area contributed by atoms with Crippen LogP contribution in [0.25, 0.3) is 0 Å². The molecule has 0 fully saturated rings. The van der Waals surface area contributed by atoms with E-state index < -0.39 is 48.9 Å². The number of hydrogen-bond acceptors (Lipinski definition) is 7. The number of hydrogen-bond donors (Lipinski definition) is 5. The van der Waals surface area contributed by atoms with E-state index in [2.05, 4.69) is 0 Å². The van der Waals surface area contributed by atoms with E-state index in [9.17, 15) is 19.8 Å². The maximum Gasteiger partial charge on any atom is 0.171 e. The van der Waals surface area contributed by atoms with Crippen LogP contribution in [0.2, 0.25) is 0 Å². The second kappa shape index (κ2) is 7.55. The highest BCUT2D eigenvalue weighted by Crippen LogP contribution is 2.07. The Balaban J connectivity index is 4.45. The summed E-state index contributed by atoms with van der Waals surface area (Å²) in [6, 6.07) is -0.818. The van der Waals surface area contributed by atoms with Crippen molar-refractivity contribution in [3.63, 3.8) is 0 Å². The van der Waals surface area contributed by atoms with Gasteiger partial charge in [-0.05, 0) is 5.92 Å². The van der Waals surface area contributed by atoms with E-state index in [0.717, 1.165) is 0 Å². The average Bonchev–Trinajstić information content (AvgIpc) is 2.34. The molecule has 7 heteroatoms. The van der Waals surface area contributed by atoms with Gasteiger partial charge in [0.15, 0.2) is 11.6 Å². The van der Waals surface area contributed by atoms with Gasteiger partial charge in [-0.15, -0.1) is 0 Å². The molecule has 0 radical (unpaired) electrons. The van der Waals surface area contributed by atoms with Gasteiger partial charge in [-0.2, -0.15) is 0 Å². The topological polar surface area (TPSA) is 141 Å². The van der Waals surface area contributed by atoms with Gasteiger partial charge in [-0.1, -0.05) is 13.8 Å². The van der Waals surface area contributed by atoms with Crippen molar-refractivity contribution >= 4 is 11.6 Å². The van der Waals surface area contributed by atoms with Crippen molar-refractivity contribution in [3.8, 4) is 0 Å². The number of carbonyl (C=O) groups excluding carboxylic acids is 2. The van der Waals surface area contributed by atoms with Crippen molar-refractivity contribution in [2.75, 3.05) is 6.61 Å². The van der Waals surface area contributed by atoms with Gasteiger partial charge in [0.2, 0.25) is 0 Å². The molecule has 0 unspecified atom stereocenters. The van der Waals surface area contributed by atoms with Crippen LogP contribution in [0.3, 0.4) is 0 Å². The number of carbonyl (C=O) groups is 2. The summed E-state index contributed by atoms with van der Waals surface area (Å²) in [7, 11) is 0. The summed E-state index contributed by atoms with van der Waals surface area (Å²) in [5.41, 5.74) is 5.54. The Kier molecular flexibility index (Phi) is 7.19. The molecule has 4 atom stereocenters. The summed E-state index contributed by atoms with van der Waals surface area (Å²) in [5, 5.41) is 36.3. The third-order valence-corrected chi connectivity index (χ3v) is 2.67. The molecule has 0 bridgehead atoms. The van der Waals surface area contributed by atoms with Gasteiger partial charge in [0.1, 0.15) is 18.3 Å². The highest BCUT2D eigenvalue weighted by atomic mass is 16.4. The average molecular weight is 263 g/mol. The number of rotatable bonds is 8. The predicted octanol–water partition coefficient (Wildman–Crippen LogP) is -2.43. The first kappa shape index (κ1) is 17.1. The van der Waals surface area contributed by atoms with Gasteiger partial charge in [0.05, 0.1) is 19.1 Å². The third-order valence-electron chi connectivity index (χ3n) is 2.67. The Bertz CT molecular complexity index is 293. The maximum atomic E-state index is 11.5. The fourth-order valence-electron chi connectivity index (χ4n) is 1.27. The molecular weight excluding hydrogens is 242 g/mol. The molecular formula is C11H21NO6. The predicted molar refractivity (Wildman–Crippen MR) is 62.6 cm³/mol. The molecule has 0 spiro atoms. The van der Waals surface area contributed by atoms with Gasteiger partial charge in [-0.25, -0.2) is 0 Å². The maximum absolute atomic E-state index is 11.5. The molecule has 0 saturated heterocycles. The van der Waals surface area contributed by atoms with Crippen molar-refractivity contribution in [2.24, 2.45) is 11.7 Å². The molecule has 0 aliphatic carbocycles. The van der Waals surface area contributed by atoms with Crippen molar-refractivity contribution < 1.29 is 30.0 Å². The van der Waals surface area contributed by atoms with Gasteiger partial charge in [0, 0.05) is 0 Å². The minimum Gasteiger partial charge on any atom is -0.394 e. The van der Waals surface area contributed by atoms with Crippen LogP contribution in [-0.4, -0.2) is 63.0 Å². The Morgan fingerprint density at radius 2 is 1.61 bits per heavy atom. The summed E-state index contributed by atoms with van der Waals surface area (Å²) >= 11 is 0. The summed E-state index contributed by atoms with van der Waals surface area (Å²) in [6.45, 7) is 2.63. The van der Waals surface area contributed by atoms with E-state index in [0.29, 0.717) is 0 Å². The fraction of sp³-hybridized carbons (Fsp3) is 0.818. The van der Waals surface area contributed by atoms with E-state index in [1.807, 2.05) is 0 Å².